The van der Waals surface area contributed by atoms with Crippen molar-refractivity contribution in [1.29, 1.82) is 0 Å². The molecule has 8 nitrogen and oxygen atoms in total. The molecular weight excluding hydrogens is 405 g/mol. The van der Waals surface area contributed by atoms with E-state index in [1.807, 2.05) is 0 Å². The third-order valence-electron chi connectivity index (χ3n) is 5.06. The number of nitrogens with zero attached hydrogens (tertiary/aromatic N) is 3. The van der Waals surface area contributed by atoms with Gasteiger partial charge in [0.15, 0.2) is 5.76 Å². The van der Waals surface area contributed by atoms with E-state index in [1.54, 1.807) is 29.2 Å². The topological polar surface area (TPSA) is 89.1 Å². The van der Waals surface area contributed by atoms with E-state index in [0.717, 1.165) is 5.69 Å². The summed E-state index contributed by atoms with van der Waals surface area (Å²) in [5.74, 6) is 0.704. The van der Waals surface area contributed by atoms with Crippen LogP contribution in [0.1, 0.15) is 16.3 Å². The molecule has 160 valence electrons. The summed E-state index contributed by atoms with van der Waals surface area (Å²) in [5, 5.41) is 10.8. The van der Waals surface area contributed by atoms with Gasteiger partial charge in [-0.15, -0.1) is 0 Å². The van der Waals surface area contributed by atoms with Crippen molar-refractivity contribution in [3.8, 4) is 5.75 Å². The molecule has 0 atom stereocenters. The molecule has 0 spiro atoms. The van der Waals surface area contributed by atoms with Crippen molar-refractivity contribution >= 4 is 17.3 Å². The molecule has 1 aliphatic rings. The second-order valence-electron chi connectivity index (χ2n) is 7.06. The Morgan fingerprint density at radius 2 is 1.68 bits per heavy atom. The summed E-state index contributed by atoms with van der Waals surface area (Å²) in [7, 11) is 0. The van der Waals surface area contributed by atoms with Crippen molar-refractivity contribution in [2.24, 2.45) is 0 Å². The minimum absolute atomic E-state index is 0.0506. The van der Waals surface area contributed by atoms with Gasteiger partial charge in [0, 0.05) is 44.0 Å². The molecule has 1 aliphatic heterocycles. The van der Waals surface area contributed by atoms with E-state index in [1.165, 1.54) is 36.4 Å². The lowest BCUT2D eigenvalue weighted by Gasteiger charge is -2.35. The third-order valence-corrected chi connectivity index (χ3v) is 5.06. The highest BCUT2D eigenvalue weighted by molar-refractivity contribution is 5.91. The highest BCUT2D eigenvalue weighted by atomic mass is 19.1. The Balaban J connectivity index is 1.30. The maximum atomic E-state index is 12.9. The first-order valence-corrected chi connectivity index (χ1v) is 9.75. The smallest absolute Gasteiger partial charge is 0.289 e. The van der Waals surface area contributed by atoms with Gasteiger partial charge in [0.25, 0.3) is 11.6 Å². The quantitative estimate of drug-likeness (QED) is 0.440. The van der Waals surface area contributed by atoms with Crippen molar-refractivity contribution in [2.75, 3.05) is 31.1 Å². The van der Waals surface area contributed by atoms with Gasteiger partial charge in [-0.25, -0.2) is 4.39 Å². The van der Waals surface area contributed by atoms with Gasteiger partial charge >= 0.3 is 0 Å². The van der Waals surface area contributed by atoms with Crippen LogP contribution in [0.15, 0.2) is 65.1 Å². The summed E-state index contributed by atoms with van der Waals surface area (Å²) in [6.07, 6.45) is 0. The number of carbonyl (C=O) groups is 1. The number of amides is 1. The minimum atomic E-state index is -0.428. The zero-order valence-electron chi connectivity index (χ0n) is 16.6. The van der Waals surface area contributed by atoms with Gasteiger partial charge in [0.2, 0.25) is 0 Å². The summed E-state index contributed by atoms with van der Waals surface area (Å²) in [6.45, 7) is 2.39. The highest BCUT2D eigenvalue weighted by Crippen LogP contribution is 2.22. The molecule has 9 heteroatoms. The largest absolute Gasteiger partial charge is 0.486 e. The molecule has 1 amide bonds. The lowest BCUT2D eigenvalue weighted by Crippen LogP contribution is -2.48. The van der Waals surface area contributed by atoms with Crippen LogP contribution in [0.2, 0.25) is 0 Å². The molecule has 0 saturated carbocycles. The Morgan fingerprint density at radius 1 is 1.00 bits per heavy atom. The summed E-state index contributed by atoms with van der Waals surface area (Å²) in [4.78, 5) is 26.9. The van der Waals surface area contributed by atoms with Crippen LogP contribution in [0.4, 0.5) is 15.8 Å². The average Bonchev–Trinajstić information content (AvgIpc) is 3.27. The predicted octanol–water partition coefficient (Wildman–Crippen LogP) is 3.87. The first-order valence-electron chi connectivity index (χ1n) is 9.75. The Bertz CT molecular complexity index is 1060. The van der Waals surface area contributed by atoms with Crippen molar-refractivity contribution in [2.45, 2.75) is 6.61 Å². The number of halogens is 1. The van der Waals surface area contributed by atoms with Crippen molar-refractivity contribution in [1.82, 2.24) is 4.90 Å². The van der Waals surface area contributed by atoms with Crippen LogP contribution in [0.3, 0.4) is 0 Å². The van der Waals surface area contributed by atoms with Gasteiger partial charge in [0.05, 0.1) is 4.92 Å². The number of nitro groups is 1. The van der Waals surface area contributed by atoms with Gasteiger partial charge < -0.3 is 19.0 Å². The van der Waals surface area contributed by atoms with E-state index in [2.05, 4.69) is 4.90 Å². The number of carbonyl (C=O) groups excluding carboxylic acids is 1. The zero-order valence-corrected chi connectivity index (χ0v) is 16.6. The monoisotopic (exact) mass is 425 g/mol. The fourth-order valence-corrected chi connectivity index (χ4v) is 3.36. The minimum Gasteiger partial charge on any atom is -0.486 e. The molecule has 0 radical (unpaired) electrons. The van der Waals surface area contributed by atoms with Crippen LogP contribution >= 0.6 is 0 Å². The number of nitro benzene ring substituents is 1. The molecule has 0 unspecified atom stereocenters. The summed E-state index contributed by atoms with van der Waals surface area (Å²) in [5.41, 5.74) is 0.936. The van der Waals surface area contributed by atoms with Gasteiger partial charge in [-0.05, 0) is 48.5 Å². The molecule has 1 saturated heterocycles. The number of furan rings is 1. The van der Waals surface area contributed by atoms with Crippen LogP contribution < -0.4 is 9.64 Å². The van der Waals surface area contributed by atoms with Gasteiger partial charge in [0.1, 0.15) is 23.9 Å². The number of non-ortho nitro benzene ring substituents is 1. The SMILES string of the molecule is O=C(c1ccc(COc2ccc(F)cc2)o1)N1CCN(c2ccc([N+](=O)[O-])cc2)CC1. The molecule has 0 bridgehead atoms. The maximum Gasteiger partial charge on any atom is 0.289 e. The van der Waals surface area contributed by atoms with Crippen LogP contribution in [0.5, 0.6) is 5.75 Å². The Labute approximate surface area is 177 Å². The number of hydrogen-bond acceptors (Lipinski definition) is 6. The summed E-state index contributed by atoms with van der Waals surface area (Å²) >= 11 is 0. The van der Waals surface area contributed by atoms with E-state index < -0.39 is 4.92 Å². The van der Waals surface area contributed by atoms with Crippen LogP contribution in [-0.2, 0) is 6.61 Å². The molecule has 0 aliphatic carbocycles. The number of anilines is 1. The molecule has 3 aromatic rings. The van der Waals surface area contributed by atoms with Gasteiger partial charge in [-0.3, -0.25) is 14.9 Å². The number of piperazine rings is 1. The number of rotatable bonds is 6. The van der Waals surface area contributed by atoms with E-state index in [4.69, 9.17) is 9.15 Å². The van der Waals surface area contributed by atoms with E-state index >= 15 is 0 Å². The van der Waals surface area contributed by atoms with E-state index in [-0.39, 0.29) is 29.8 Å². The third kappa shape index (κ3) is 4.82. The first-order chi connectivity index (χ1) is 15.0. The predicted molar refractivity (Wildman–Crippen MR) is 111 cm³/mol. The molecular formula is C22H20FN3O5. The van der Waals surface area contributed by atoms with E-state index in [0.29, 0.717) is 37.7 Å². The summed E-state index contributed by atoms with van der Waals surface area (Å²) in [6, 6.07) is 15.4. The molecule has 1 fully saturated rings. The maximum absolute atomic E-state index is 12.9. The average molecular weight is 425 g/mol. The standard InChI is InChI=1S/C22H20FN3O5/c23-16-1-7-19(8-2-16)30-15-20-9-10-21(31-20)22(27)25-13-11-24(12-14-25)17-3-5-18(6-4-17)26(28)29/h1-10H,11-15H2. The lowest BCUT2D eigenvalue weighted by atomic mass is 10.2. The second-order valence-corrected chi connectivity index (χ2v) is 7.06. The van der Waals surface area contributed by atoms with Crippen LogP contribution in [0.25, 0.3) is 0 Å². The molecule has 0 N–H and O–H groups in total. The molecule has 2 aromatic carbocycles. The van der Waals surface area contributed by atoms with Gasteiger partial charge in [-0.2, -0.15) is 0 Å². The molecule has 4 rings (SSSR count). The molecule has 2 heterocycles. The summed E-state index contributed by atoms with van der Waals surface area (Å²) < 4.78 is 24.1. The Hall–Kier alpha value is -3.88. The van der Waals surface area contributed by atoms with Crippen LogP contribution in [-0.4, -0.2) is 41.9 Å². The normalized spacial score (nSPS) is 13.8. The molecule has 1 aromatic heterocycles. The fourth-order valence-electron chi connectivity index (χ4n) is 3.36. The van der Waals surface area contributed by atoms with Crippen molar-refractivity contribution in [3.05, 3.63) is 88.1 Å². The van der Waals surface area contributed by atoms with Gasteiger partial charge in [-0.1, -0.05) is 0 Å². The van der Waals surface area contributed by atoms with Crippen LogP contribution in [0, 0.1) is 15.9 Å². The Kier molecular flexibility index (Phi) is 5.83. The molecule has 31 heavy (non-hydrogen) atoms. The number of ether oxygens (including phenoxy) is 1. The van der Waals surface area contributed by atoms with Crippen molar-refractivity contribution in [3.63, 3.8) is 0 Å². The fraction of sp³-hybridized carbons (Fsp3) is 0.227. The number of hydrogen-bond donors (Lipinski definition) is 0. The van der Waals surface area contributed by atoms with Crippen molar-refractivity contribution < 1.29 is 23.3 Å². The first kappa shape index (κ1) is 20.4. The Morgan fingerprint density at radius 3 is 2.32 bits per heavy atom. The lowest BCUT2D eigenvalue weighted by molar-refractivity contribution is -0.384. The number of benzene rings is 2. The van der Waals surface area contributed by atoms with E-state index in [9.17, 15) is 19.3 Å². The second kappa shape index (κ2) is 8.86. The zero-order chi connectivity index (χ0) is 21.8. The highest BCUT2D eigenvalue weighted by Gasteiger charge is 2.24.